The van der Waals surface area contributed by atoms with Crippen molar-refractivity contribution < 1.29 is 0 Å². The Kier molecular flexibility index (Phi) is 3.74. The summed E-state index contributed by atoms with van der Waals surface area (Å²) in [5, 5.41) is 0. The van der Waals surface area contributed by atoms with E-state index in [9.17, 15) is 4.79 Å². The van der Waals surface area contributed by atoms with Gasteiger partial charge in [0.05, 0.1) is 5.69 Å². The number of aryl methyl sites for hydroxylation is 1. The third kappa shape index (κ3) is 2.70. The molecular weight excluding hydrogens is 316 g/mol. The number of benzene rings is 1. The first-order valence-electron chi connectivity index (χ1n) is 7.01. The van der Waals surface area contributed by atoms with Gasteiger partial charge in [-0.3, -0.25) is 4.79 Å². The van der Waals surface area contributed by atoms with Crippen LogP contribution >= 0.6 is 15.9 Å². The Morgan fingerprint density at radius 1 is 1.25 bits per heavy atom. The number of H-pyrrole nitrogens is 1. The number of halogens is 1. The molecule has 1 N–H and O–H groups in total. The lowest BCUT2D eigenvalue weighted by atomic mass is 10.0. The molecule has 3 nitrogen and oxygen atoms in total. The van der Waals surface area contributed by atoms with Crippen LogP contribution in [-0.2, 0) is 0 Å². The van der Waals surface area contributed by atoms with Crippen LogP contribution in [0.5, 0.6) is 0 Å². The Morgan fingerprint density at radius 2 is 2.00 bits per heavy atom. The van der Waals surface area contributed by atoms with Crippen LogP contribution in [0.3, 0.4) is 0 Å². The molecule has 1 aliphatic carbocycles. The zero-order valence-electron chi connectivity index (χ0n) is 11.4. The second-order valence-electron chi connectivity index (χ2n) is 5.46. The molecule has 20 heavy (non-hydrogen) atoms. The first kappa shape index (κ1) is 13.6. The van der Waals surface area contributed by atoms with Gasteiger partial charge in [-0.1, -0.05) is 34.8 Å². The molecule has 1 aromatic heterocycles. The van der Waals surface area contributed by atoms with Crippen LogP contribution in [0.1, 0.15) is 42.9 Å². The van der Waals surface area contributed by atoms with Gasteiger partial charge in [0.1, 0.15) is 5.82 Å². The largest absolute Gasteiger partial charge is 0.307 e. The summed E-state index contributed by atoms with van der Waals surface area (Å²) in [5.41, 5.74) is 2.98. The molecular formula is C16H17BrN2O. The number of aromatic nitrogens is 2. The molecule has 0 spiro atoms. The third-order valence-corrected chi connectivity index (χ3v) is 4.86. The Bertz CT molecular complexity index is 687. The van der Waals surface area contributed by atoms with Gasteiger partial charge in [0, 0.05) is 22.0 Å². The van der Waals surface area contributed by atoms with E-state index in [1.54, 1.807) is 6.07 Å². The van der Waals surface area contributed by atoms with Crippen molar-refractivity contribution in [3.63, 3.8) is 0 Å². The van der Waals surface area contributed by atoms with Crippen LogP contribution in [0, 0.1) is 6.92 Å². The van der Waals surface area contributed by atoms with Crippen molar-refractivity contribution in [3.8, 4) is 11.4 Å². The summed E-state index contributed by atoms with van der Waals surface area (Å²) in [6, 6.07) is 7.67. The molecule has 1 aliphatic rings. The lowest BCUT2D eigenvalue weighted by Gasteiger charge is -2.10. The van der Waals surface area contributed by atoms with Crippen molar-refractivity contribution >= 4 is 15.9 Å². The summed E-state index contributed by atoms with van der Waals surface area (Å²) in [5.74, 6) is 1.13. The molecule has 1 heterocycles. The Morgan fingerprint density at radius 3 is 2.70 bits per heavy atom. The van der Waals surface area contributed by atoms with Crippen molar-refractivity contribution in [3.05, 3.63) is 50.3 Å². The zero-order valence-corrected chi connectivity index (χ0v) is 13.0. The van der Waals surface area contributed by atoms with E-state index in [1.165, 1.54) is 12.8 Å². The van der Waals surface area contributed by atoms with Gasteiger partial charge in [-0.05, 0) is 37.5 Å². The first-order valence-corrected chi connectivity index (χ1v) is 7.80. The number of nitrogens with zero attached hydrogens (tertiary/aromatic N) is 1. The average molecular weight is 333 g/mol. The van der Waals surface area contributed by atoms with Gasteiger partial charge in [0.2, 0.25) is 0 Å². The molecule has 0 saturated heterocycles. The Hall–Kier alpha value is -1.42. The Balaban J connectivity index is 2.04. The molecule has 104 valence electrons. The molecule has 1 saturated carbocycles. The predicted molar refractivity (Wildman–Crippen MR) is 83.9 cm³/mol. The zero-order chi connectivity index (χ0) is 14.1. The van der Waals surface area contributed by atoms with Crippen LogP contribution in [0.25, 0.3) is 11.4 Å². The van der Waals surface area contributed by atoms with Gasteiger partial charge in [0.15, 0.2) is 0 Å². The normalized spacial score (nSPS) is 15.7. The summed E-state index contributed by atoms with van der Waals surface area (Å²) in [7, 11) is 0. The summed E-state index contributed by atoms with van der Waals surface area (Å²) < 4.78 is 1.07. The van der Waals surface area contributed by atoms with Crippen molar-refractivity contribution in [1.82, 2.24) is 9.97 Å². The van der Waals surface area contributed by atoms with E-state index in [2.05, 4.69) is 25.9 Å². The first-order chi connectivity index (χ1) is 9.63. The summed E-state index contributed by atoms with van der Waals surface area (Å²) in [6.45, 7) is 2.03. The van der Waals surface area contributed by atoms with E-state index in [0.717, 1.165) is 34.1 Å². The molecule has 0 aliphatic heterocycles. The van der Waals surface area contributed by atoms with Gasteiger partial charge in [-0.15, -0.1) is 0 Å². The van der Waals surface area contributed by atoms with Crippen LogP contribution in [0.2, 0.25) is 0 Å². The molecule has 3 rings (SSSR count). The maximum absolute atomic E-state index is 11.9. The van der Waals surface area contributed by atoms with Crippen molar-refractivity contribution in [1.29, 1.82) is 0 Å². The third-order valence-electron chi connectivity index (χ3n) is 3.97. The highest BCUT2D eigenvalue weighted by atomic mass is 79.9. The van der Waals surface area contributed by atoms with Crippen LogP contribution in [0.4, 0.5) is 0 Å². The molecule has 1 fully saturated rings. The van der Waals surface area contributed by atoms with Crippen LogP contribution in [-0.4, -0.2) is 9.97 Å². The number of hydrogen-bond donors (Lipinski definition) is 1. The van der Waals surface area contributed by atoms with Crippen LogP contribution in [0.15, 0.2) is 33.5 Å². The van der Waals surface area contributed by atoms with Gasteiger partial charge in [-0.25, -0.2) is 4.98 Å². The molecule has 0 unspecified atom stereocenters. The SMILES string of the molecule is Cc1cc(-c2nc(C3CCCC3)cc(=O)[nH]2)ccc1Br. The Labute approximate surface area is 126 Å². The highest BCUT2D eigenvalue weighted by Gasteiger charge is 2.19. The maximum Gasteiger partial charge on any atom is 0.251 e. The molecule has 1 aromatic carbocycles. The lowest BCUT2D eigenvalue weighted by molar-refractivity contribution is 0.693. The summed E-state index contributed by atoms with van der Waals surface area (Å²) in [6.07, 6.45) is 4.78. The summed E-state index contributed by atoms with van der Waals surface area (Å²) >= 11 is 3.49. The topological polar surface area (TPSA) is 45.8 Å². The molecule has 0 bridgehead atoms. The number of hydrogen-bond acceptors (Lipinski definition) is 2. The summed E-state index contributed by atoms with van der Waals surface area (Å²) in [4.78, 5) is 19.4. The van der Waals surface area contributed by atoms with Gasteiger partial charge in [-0.2, -0.15) is 0 Å². The number of rotatable bonds is 2. The quantitative estimate of drug-likeness (QED) is 0.897. The average Bonchev–Trinajstić information content (AvgIpc) is 2.95. The fourth-order valence-corrected chi connectivity index (χ4v) is 3.08. The molecule has 2 aromatic rings. The van der Waals surface area contributed by atoms with E-state index in [0.29, 0.717) is 11.7 Å². The standard InChI is InChI=1S/C16H17BrN2O/c1-10-8-12(6-7-13(10)17)16-18-14(9-15(20)19-16)11-4-2-3-5-11/h6-9,11H,2-5H2,1H3,(H,18,19,20). The second-order valence-corrected chi connectivity index (χ2v) is 6.32. The van der Waals surface area contributed by atoms with Crippen molar-refractivity contribution in [2.75, 3.05) is 0 Å². The monoisotopic (exact) mass is 332 g/mol. The van der Waals surface area contributed by atoms with E-state index in [1.807, 2.05) is 25.1 Å². The van der Waals surface area contributed by atoms with E-state index in [4.69, 9.17) is 0 Å². The smallest absolute Gasteiger partial charge is 0.251 e. The molecule has 0 atom stereocenters. The van der Waals surface area contributed by atoms with E-state index in [-0.39, 0.29) is 5.56 Å². The van der Waals surface area contributed by atoms with Gasteiger partial charge in [0.25, 0.3) is 5.56 Å². The molecule has 4 heteroatoms. The van der Waals surface area contributed by atoms with Gasteiger partial charge >= 0.3 is 0 Å². The number of nitrogens with one attached hydrogen (secondary N) is 1. The highest BCUT2D eigenvalue weighted by molar-refractivity contribution is 9.10. The van der Waals surface area contributed by atoms with E-state index < -0.39 is 0 Å². The van der Waals surface area contributed by atoms with E-state index >= 15 is 0 Å². The second kappa shape index (κ2) is 5.52. The molecule has 0 radical (unpaired) electrons. The lowest BCUT2D eigenvalue weighted by Crippen LogP contribution is -2.12. The molecule has 0 amide bonds. The minimum atomic E-state index is -0.0579. The van der Waals surface area contributed by atoms with Crippen molar-refractivity contribution in [2.45, 2.75) is 38.5 Å². The fraction of sp³-hybridized carbons (Fsp3) is 0.375. The fourth-order valence-electron chi connectivity index (χ4n) is 2.84. The predicted octanol–water partition coefficient (Wildman–Crippen LogP) is 4.17. The van der Waals surface area contributed by atoms with Crippen LogP contribution < -0.4 is 5.56 Å². The van der Waals surface area contributed by atoms with Crippen molar-refractivity contribution in [2.24, 2.45) is 0 Å². The number of aromatic amines is 1. The minimum Gasteiger partial charge on any atom is -0.307 e. The minimum absolute atomic E-state index is 0.0579. The highest BCUT2D eigenvalue weighted by Crippen LogP contribution is 2.33. The maximum atomic E-state index is 11.9. The van der Waals surface area contributed by atoms with Gasteiger partial charge < -0.3 is 4.98 Å².